The topological polar surface area (TPSA) is 129 Å². The fourth-order valence-corrected chi connectivity index (χ4v) is 4.06. The molecule has 4 heterocycles. The average molecular weight is 448 g/mol. The van der Waals surface area contributed by atoms with Crippen LogP contribution in [0.2, 0.25) is 0 Å². The lowest BCUT2D eigenvalue weighted by Crippen LogP contribution is -2.28. The molecule has 0 radical (unpaired) electrons. The van der Waals surface area contributed by atoms with Crippen LogP contribution in [0.5, 0.6) is 17.2 Å². The summed E-state index contributed by atoms with van der Waals surface area (Å²) in [4.78, 5) is 34.1. The molecule has 0 amide bonds. The van der Waals surface area contributed by atoms with Gasteiger partial charge in [-0.05, 0) is 24.3 Å². The molecule has 2 N–H and O–H groups in total. The maximum absolute atomic E-state index is 12.6. The Morgan fingerprint density at radius 3 is 2.39 bits per heavy atom. The van der Waals surface area contributed by atoms with Crippen LogP contribution in [0, 0.1) is 0 Å². The summed E-state index contributed by atoms with van der Waals surface area (Å²) in [5.74, 6) is 1.28. The minimum atomic E-state index is -0.660. The summed E-state index contributed by atoms with van der Waals surface area (Å²) in [6.45, 7) is 0. The summed E-state index contributed by atoms with van der Waals surface area (Å²) in [5.41, 5.74) is 2.06. The van der Waals surface area contributed by atoms with E-state index in [1.165, 1.54) is 21.3 Å². The Kier molecular flexibility index (Phi) is 4.66. The Labute approximate surface area is 186 Å². The molecular formula is C22H20N6O5. The van der Waals surface area contributed by atoms with E-state index in [-0.39, 0.29) is 5.65 Å². The van der Waals surface area contributed by atoms with E-state index in [9.17, 15) is 9.59 Å². The van der Waals surface area contributed by atoms with Gasteiger partial charge >= 0.3 is 11.4 Å². The van der Waals surface area contributed by atoms with Crippen LogP contribution >= 0.6 is 0 Å². The number of rotatable bonds is 5. The second kappa shape index (κ2) is 7.55. The second-order valence-electron chi connectivity index (χ2n) is 7.31. The van der Waals surface area contributed by atoms with Crippen molar-refractivity contribution >= 4 is 16.7 Å². The van der Waals surface area contributed by atoms with Gasteiger partial charge in [-0.25, -0.2) is 14.6 Å². The van der Waals surface area contributed by atoms with Crippen molar-refractivity contribution in [3.05, 3.63) is 57.6 Å². The van der Waals surface area contributed by atoms with Crippen LogP contribution in [0.1, 0.15) is 0 Å². The molecule has 0 saturated carbocycles. The smallest absolute Gasteiger partial charge is 0.352 e. The average Bonchev–Trinajstić information content (AvgIpc) is 3.36. The summed E-state index contributed by atoms with van der Waals surface area (Å²) >= 11 is 0. The molecule has 168 valence electrons. The number of aryl methyl sites for hydroxylation is 1. The van der Waals surface area contributed by atoms with E-state index >= 15 is 0 Å². The van der Waals surface area contributed by atoms with Gasteiger partial charge in [0.15, 0.2) is 17.1 Å². The summed E-state index contributed by atoms with van der Waals surface area (Å²) in [7, 11) is 6.43. The van der Waals surface area contributed by atoms with Crippen LogP contribution in [-0.4, -0.2) is 50.5 Å². The molecule has 0 spiro atoms. The summed E-state index contributed by atoms with van der Waals surface area (Å²) < 4.78 is 19.4. The zero-order valence-electron chi connectivity index (χ0n) is 18.3. The van der Waals surface area contributed by atoms with Crippen molar-refractivity contribution in [3.63, 3.8) is 0 Å². The lowest BCUT2D eigenvalue weighted by Gasteiger charge is -2.14. The molecule has 0 bridgehead atoms. The summed E-state index contributed by atoms with van der Waals surface area (Å²) in [6, 6.07) is 7.22. The normalized spacial score (nSPS) is 11.3. The zero-order valence-corrected chi connectivity index (χ0v) is 18.3. The summed E-state index contributed by atoms with van der Waals surface area (Å²) in [5, 5.41) is 5.38. The van der Waals surface area contributed by atoms with E-state index < -0.39 is 11.4 Å². The first-order valence-electron chi connectivity index (χ1n) is 9.93. The third kappa shape index (κ3) is 3.04. The molecule has 4 aromatic heterocycles. The van der Waals surface area contributed by atoms with E-state index in [2.05, 4.69) is 20.1 Å². The van der Waals surface area contributed by atoms with Crippen molar-refractivity contribution < 1.29 is 14.2 Å². The predicted molar refractivity (Wildman–Crippen MR) is 121 cm³/mol. The SMILES string of the molecule is COc1cc(-c2nn3c(=O)[nH]c(=O)[nH]c3c2-c2cn(C)c3ncccc23)cc(OC)c1OC. The Morgan fingerprint density at radius 2 is 1.73 bits per heavy atom. The first kappa shape index (κ1) is 20.4. The molecule has 33 heavy (non-hydrogen) atoms. The van der Waals surface area contributed by atoms with Crippen LogP contribution in [0.25, 0.3) is 39.1 Å². The number of nitrogens with one attached hydrogen (secondary N) is 2. The fourth-order valence-electron chi connectivity index (χ4n) is 4.06. The van der Waals surface area contributed by atoms with Gasteiger partial charge in [-0.3, -0.25) is 9.97 Å². The number of pyridine rings is 1. The van der Waals surface area contributed by atoms with E-state index in [1.807, 2.05) is 29.9 Å². The minimum absolute atomic E-state index is 0.254. The molecule has 0 unspecified atom stereocenters. The first-order valence-corrected chi connectivity index (χ1v) is 9.93. The monoisotopic (exact) mass is 448 g/mol. The number of methoxy groups -OCH3 is 3. The second-order valence-corrected chi connectivity index (χ2v) is 7.31. The van der Waals surface area contributed by atoms with Crippen molar-refractivity contribution in [3.8, 4) is 39.6 Å². The lowest BCUT2D eigenvalue weighted by atomic mass is 10.0. The third-order valence-corrected chi connectivity index (χ3v) is 5.47. The lowest BCUT2D eigenvalue weighted by molar-refractivity contribution is 0.324. The first-order chi connectivity index (χ1) is 16.0. The highest BCUT2D eigenvalue weighted by atomic mass is 16.5. The van der Waals surface area contributed by atoms with Crippen molar-refractivity contribution in [2.45, 2.75) is 0 Å². The molecule has 11 nitrogen and oxygen atoms in total. The van der Waals surface area contributed by atoms with Crippen LogP contribution in [0.3, 0.4) is 0 Å². The van der Waals surface area contributed by atoms with Gasteiger partial charge in [-0.15, -0.1) is 0 Å². The van der Waals surface area contributed by atoms with Crippen LogP contribution in [0.15, 0.2) is 46.2 Å². The summed E-state index contributed by atoms with van der Waals surface area (Å²) in [6.07, 6.45) is 3.59. The number of hydrogen-bond donors (Lipinski definition) is 2. The van der Waals surface area contributed by atoms with Gasteiger partial charge in [-0.1, -0.05) is 0 Å². The molecule has 0 aliphatic rings. The van der Waals surface area contributed by atoms with Gasteiger partial charge in [0, 0.05) is 36.0 Å². The fraction of sp³-hybridized carbons (Fsp3) is 0.182. The van der Waals surface area contributed by atoms with Gasteiger partial charge in [-0.2, -0.15) is 9.61 Å². The van der Waals surface area contributed by atoms with Gasteiger partial charge in [0.1, 0.15) is 11.3 Å². The molecule has 11 heteroatoms. The molecule has 0 saturated heterocycles. The number of benzene rings is 1. The van der Waals surface area contributed by atoms with Crippen molar-refractivity contribution in [2.75, 3.05) is 21.3 Å². The van der Waals surface area contributed by atoms with Crippen molar-refractivity contribution in [1.82, 2.24) is 29.1 Å². The molecule has 1 aromatic carbocycles. The number of aromatic amines is 2. The van der Waals surface area contributed by atoms with Gasteiger partial charge in [0.05, 0.1) is 26.9 Å². The number of ether oxygens (including phenoxy) is 3. The maximum Gasteiger partial charge on any atom is 0.352 e. The van der Waals surface area contributed by atoms with Crippen LogP contribution in [0.4, 0.5) is 0 Å². The Bertz CT molecular complexity index is 1620. The van der Waals surface area contributed by atoms with E-state index in [0.29, 0.717) is 34.1 Å². The van der Waals surface area contributed by atoms with E-state index in [0.717, 1.165) is 21.1 Å². The predicted octanol–water partition coefficient (Wildman–Crippen LogP) is 1.96. The largest absolute Gasteiger partial charge is 0.493 e. The molecule has 0 aliphatic carbocycles. The third-order valence-electron chi connectivity index (χ3n) is 5.47. The Morgan fingerprint density at radius 1 is 1.00 bits per heavy atom. The number of nitrogens with zero attached hydrogens (tertiary/aromatic N) is 4. The quantitative estimate of drug-likeness (QED) is 0.421. The molecular weight excluding hydrogens is 428 g/mol. The standard InChI is InChI=1S/C22H20N6O5/c1-27-10-13(12-6-5-7-23-19(12)27)16-17(26-28-20(16)24-21(29)25-22(28)30)11-8-14(31-2)18(33-4)15(9-11)32-3/h5-10H,1-4H3,(H2,24,25,29,30). The number of H-pyrrole nitrogens is 2. The minimum Gasteiger partial charge on any atom is -0.493 e. The molecule has 5 rings (SSSR count). The van der Waals surface area contributed by atoms with Gasteiger partial charge in [0.25, 0.3) is 0 Å². The zero-order chi connectivity index (χ0) is 23.3. The highest BCUT2D eigenvalue weighted by Gasteiger charge is 2.24. The van der Waals surface area contributed by atoms with Crippen LogP contribution < -0.4 is 25.6 Å². The molecule has 0 fully saturated rings. The Hall–Kier alpha value is -4.54. The molecule has 0 atom stereocenters. The van der Waals surface area contributed by atoms with Crippen LogP contribution in [-0.2, 0) is 7.05 Å². The highest BCUT2D eigenvalue weighted by molar-refractivity contribution is 6.02. The maximum atomic E-state index is 12.6. The van der Waals surface area contributed by atoms with E-state index in [4.69, 9.17) is 14.2 Å². The van der Waals surface area contributed by atoms with E-state index in [1.54, 1.807) is 18.3 Å². The highest BCUT2D eigenvalue weighted by Crippen LogP contribution is 2.44. The number of hydrogen-bond acceptors (Lipinski definition) is 7. The molecule has 5 aromatic rings. The van der Waals surface area contributed by atoms with Crippen molar-refractivity contribution in [1.29, 1.82) is 0 Å². The van der Waals surface area contributed by atoms with Gasteiger partial charge < -0.3 is 18.8 Å². The van der Waals surface area contributed by atoms with Crippen molar-refractivity contribution in [2.24, 2.45) is 7.05 Å². The van der Waals surface area contributed by atoms with Gasteiger partial charge in [0.2, 0.25) is 5.75 Å². The molecule has 0 aliphatic heterocycles. The number of aromatic nitrogens is 6. The number of fused-ring (bicyclic) bond motifs is 2. The Balaban J connectivity index is 1.93.